The summed E-state index contributed by atoms with van der Waals surface area (Å²) in [5.74, 6) is 0.377. The number of nitrogens with zero attached hydrogens (tertiary/aromatic N) is 3. The fourth-order valence-corrected chi connectivity index (χ4v) is 6.51. The zero-order valence-electron chi connectivity index (χ0n) is 19.7. The van der Waals surface area contributed by atoms with E-state index in [1.54, 1.807) is 31.2 Å². The van der Waals surface area contributed by atoms with Crippen molar-refractivity contribution in [1.29, 1.82) is 5.41 Å². The first-order chi connectivity index (χ1) is 16.0. The second kappa shape index (κ2) is 9.07. The number of amidine groups is 1. The van der Waals surface area contributed by atoms with Crippen LogP contribution >= 0.6 is 11.8 Å². The molecule has 180 valence electrons. The van der Waals surface area contributed by atoms with E-state index in [0.29, 0.717) is 24.6 Å². The van der Waals surface area contributed by atoms with Gasteiger partial charge in [-0.2, -0.15) is 5.10 Å². The largest absolute Gasteiger partial charge is 0.326 e. The van der Waals surface area contributed by atoms with Crippen LogP contribution < -0.4 is 14.6 Å². The highest BCUT2D eigenvalue weighted by Gasteiger charge is 2.35. The summed E-state index contributed by atoms with van der Waals surface area (Å²) >= 11 is 1.54. The Balaban J connectivity index is 1.57. The number of fused-ring (bicyclic) bond motifs is 1. The number of thioether (sulfide) groups is 1. The number of anilines is 2. The zero-order chi connectivity index (χ0) is 24.7. The molecular formula is C24H29N5O3S2. The Labute approximate surface area is 205 Å². The van der Waals surface area contributed by atoms with Gasteiger partial charge in [-0.1, -0.05) is 6.07 Å². The molecule has 2 aliphatic rings. The second-order valence-electron chi connectivity index (χ2n) is 8.84. The topological polar surface area (TPSA) is 106 Å². The number of sulfonamides is 1. The number of hydrogen-bond acceptors (Lipinski definition) is 7. The van der Waals surface area contributed by atoms with E-state index in [-0.39, 0.29) is 10.1 Å². The molecule has 34 heavy (non-hydrogen) atoms. The van der Waals surface area contributed by atoms with Gasteiger partial charge in [0.15, 0.2) is 6.29 Å². The van der Waals surface area contributed by atoms with Crippen LogP contribution in [0.4, 0.5) is 11.4 Å². The van der Waals surface area contributed by atoms with Crippen molar-refractivity contribution in [3.8, 4) is 0 Å². The molecular weight excluding hydrogens is 470 g/mol. The molecule has 1 atom stereocenters. The van der Waals surface area contributed by atoms with Gasteiger partial charge in [-0.15, -0.1) is 11.8 Å². The molecule has 0 aliphatic carbocycles. The van der Waals surface area contributed by atoms with E-state index in [4.69, 9.17) is 5.41 Å². The number of hydrogen-bond donors (Lipinski definition) is 2. The highest BCUT2D eigenvalue weighted by molar-refractivity contribution is 8.02. The summed E-state index contributed by atoms with van der Waals surface area (Å²) in [6, 6.07) is 13.2. The van der Waals surface area contributed by atoms with Crippen molar-refractivity contribution >= 4 is 51.0 Å². The van der Waals surface area contributed by atoms with Gasteiger partial charge in [0.1, 0.15) is 11.2 Å². The fraction of sp³-hybridized carbons (Fsp3) is 0.375. The monoisotopic (exact) mass is 499 g/mol. The van der Waals surface area contributed by atoms with Gasteiger partial charge in [0, 0.05) is 24.3 Å². The van der Waals surface area contributed by atoms with Crippen molar-refractivity contribution in [1.82, 2.24) is 5.43 Å². The summed E-state index contributed by atoms with van der Waals surface area (Å²) in [6.07, 6.45) is 2.87. The summed E-state index contributed by atoms with van der Waals surface area (Å²) < 4.78 is 25.0. The maximum Gasteiger partial charge on any atom is 0.232 e. The summed E-state index contributed by atoms with van der Waals surface area (Å²) in [7, 11) is -3.35. The lowest BCUT2D eigenvalue weighted by Crippen LogP contribution is -2.42. The Kier molecular flexibility index (Phi) is 6.48. The first kappa shape index (κ1) is 24.3. The van der Waals surface area contributed by atoms with Crippen molar-refractivity contribution in [2.75, 3.05) is 28.6 Å². The molecule has 0 spiro atoms. The zero-order valence-corrected chi connectivity index (χ0v) is 21.3. The van der Waals surface area contributed by atoms with Crippen LogP contribution in [0, 0.1) is 5.41 Å². The molecule has 2 aliphatic heterocycles. The molecule has 10 heteroatoms. The number of aldehydes is 1. The molecule has 8 nitrogen and oxygen atoms in total. The third-order valence-corrected chi connectivity index (χ3v) is 8.58. The van der Waals surface area contributed by atoms with Crippen molar-refractivity contribution in [2.45, 2.75) is 37.3 Å². The molecule has 2 aromatic rings. The SMILES string of the molecule is CCN(c1ccc(C(=N)N2CCc3cc(C4=NNC(C=O)SC4(C)C)ccc32)cc1)S(C)(=O)=O. The lowest BCUT2D eigenvalue weighted by Gasteiger charge is -2.33. The smallest absolute Gasteiger partial charge is 0.232 e. The van der Waals surface area contributed by atoms with Crippen molar-refractivity contribution in [3.05, 3.63) is 59.2 Å². The van der Waals surface area contributed by atoms with Crippen LogP contribution in [0.15, 0.2) is 47.6 Å². The van der Waals surface area contributed by atoms with E-state index in [1.807, 2.05) is 17.0 Å². The number of rotatable bonds is 6. The van der Waals surface area contributed by atoms with Gasteiger partial charge >= 0.3 is 0 Å². The highest BCUT2D eigenvalue weighted by atomic mass is 32.2. The van der Waals surface area contributed by atoms with Gasteiger partial charge in [-0.05, 0) is 74.7 Å². The van der Waals surface area contributed by atoms with Gasteiger partial charge in [0.25, 0.3) is 0 Å². The van der Waals surface area contributed by atoms with Crippen molar-refractivity contribution in [3.63, 3.8) is 0 Å². The summed E-state index contributed by atoms with van der Waals surface area (Å²) in [5.41, 5.74) is 8.27. The van der Waals surface area contributed by atoms with Crippen LogP contribution in [0.3, 0.4) is 0 Å². The number of carbonyl (C=O) groups excluding carboxylic acids is 1. The second-order valence-corrected chi connectivity index (χ2v) is 12.5. The minimum Gasteiger partial charge on any atom is -0.326 e. The predicted molar refractivity (Wildman–Crippen MR) is 140 cm³/mol. The third-order valence-electron chi connectivity index (χ3n) is 6.05. The standard InChI is InChI=1S/C24H29N5O3S2/c1-5-29(34(4,31)32)19-9-6-16(7-10-19)23(25)28-13-12-17-14-18(8-11-20(17)28)22-24(2,3)33-21(15-30)26-27-22/h6-11,14-15,21,25-26H,5,12-13H2,1-4H3. The molecule has 4 rings (SSSR count). The molecule has 2 N–H and O–H groups in total. The van der Waals surface area contributed by atoms with E-state index in [9.17, 15) is 13.2 Å². The molecule has 0 bridgehead atoms. The van der Waals surface area contributed by atoms with Crippen LogP contribution in [0.25, 0.3) is 0 Å². The van der Waals surface area contributed by atoms with Crippen LogP contribution in [-0.2, 0) is 21.2 Å². The fourth-order valence-electron chi connectivity index (χ4n) is 4.46. The lowest BCUT2D eigenvalue weighted by molar-refractivity contribution is -0.107. The van der Waals surface area contributed by atoms with Gasteiger partial charge in [0.2, 0.25) is 10.0 Å². The number of nitrogens with one attached hydrogen (secondary N) is 2. The minimum absolute atomic E-state index is 0.309. The minimum atomic E-state index is -3.35. The molecule has 0 aromatic heterocycles. The molecule has 1 unspecified atom stereocenters. The molecule has 2 aromatic carbocycles. The number of hydrazone groups is 1. The summed E-state index contributed by atoms with van der Waals surface area (Å²) in [6.45, 7) is 6.97. The summed E-state index contributed by atoms with van der Waals surface area (Å²) in [4.78, 5) is 13.1. The Morgan fingerprint density at radius 2 is 2.00 bits per heavy atom. The van der Waals surface area contributed by atoms with Crippen LogP contribution in [-0.4, -0.2) is 55.7 Å². The molecule has 0 radical (unpaired) electrons. The van der Waals surface area contributed by atoms with Gasteiger partial charge in [0.05, 0.1) is 22.4 Å². The lowest BCUT2D eigenvalue weighted by atomic mass is 9.96. The predicted octanol–water partition coefficient (Wildman–Crippen LogP) is 3.20. The number of carbonyl (C=O) groups is 1. The Morgan fingerprint density at radius 1 is 1.29 bits per heavy atom. The Bertz CT molecular complexity index is 1260. The van der Waals surface area contributed by atoms with Gasteiger partial charge in [-0.25, -0.2) is 8.42 Å². The van der Waals surface area contributed by atoms with Crippen LogP contribution in [0.1, 0.15) is 37.5 Å². The van der Waals surface area contributed by atoms with Crippen LogP contribution in [0.5, 0.6) is 0 Å². The number of benzene rings is 2. The normalized spacial score (nSPS) is 19.1. The average molecular weight is 500 g/mol. The van der Waals surface area contributed by atoms with E-state index >= 15 is 0 Å². The molecule has 2 heterocycles. The van der Waals surface area contributed by atoms with Crippen molar-refractivity contribution in [2.24, 2.45) is 5.10 Å². The van der Waals surface area contributed by atoms with Crippen LogP contribution in [0.2, 0.25) is 0 Å². The van der Waals surface area contributed by atoms with Gasteiger partial charge < -0.3 is 9.69 Å². The summed E-state index contributed by atoms with van der Waals surface area (Å²) in [5, 5.41) is 12.9. The Morgan fingerprint density at radius 3 is 2.59 bits per heavy atom. The molecule has 0 saturated heterocycles. The van der Waals surface area contributed by atoms with Crippen molar-refractivity contribution < 1.29 is 13.2 Å². The molecule has 0 saturated carbocycles. The maximum absolute atomic E-state index is 12.0. The van der Waals surface area contributed by atoms with E-state index < -0.39 is 10.0 Å². The molecule has 0 amide bonds. The first-order valence-corrected chi connectivity index (χ1v) is 13.8. The van der Waals surface area contributed by atoms with E-state index in [1.165, 1.54) is 22.3 Å². The maximum atomic E-state index is 12.0. The quantitative estimate of drug-likeness (QED) is 0.359. The third kappa shape index (κ3) is 4.56. The van der Waals surface area contributed by atoms with E-state index in [0.717, 1.165) is 40.8 Å². The molecule has 0 fully saturated rings. The van der Waals surface area contributed by atoms with E-state index in [2.05, 4.69) is 30.4 Å². The first-order valence-electron chi connectivity index (χ1n) is 11.1. The highest BCUT2D eigenvalue weighted by Crippen LogP contribution is 2.37. The Hall–Kier alpha value is -2.85. The van der Waals surface area contributed by atoms with Gasteiger partial charge in [-0.3, -0.25) is 15.1 Å². The average Bonchev–Trinajstić information content (AvgIpc) is 3.21.